The van der Waals surface area contributed by atoms with E-state index in [0.717, 1.165) is 91.5 Å². The number of nitrogens with zero attached hydrogens (tertiary/aromatic N) is 7. The average molecular weight is 1890 g/mol. The molecule has 517 valence electrons. The van der Waals surface area contributed by atoms with Crippen molar-refractivity contribution in [2.45, 2.75) is 130 Å². The van der Waals surface area contributed by atoms with Crippen LogP contribution >= 0.6 is 0 Å². The molecule has 0 aliphatic carbocycles. The molecule has 0 aliphatic rings. The summed E-state index contributed by atoms with van der Waals surface area (Å²) < 4.78 is 11.1. The van der Waals surface area contributed by atoms with Crippen molar-refractivity contribution < 1.29 is 87.5 Å². The van der Waals surface area contributed by atoms with Gasteiger partial charge in [-0.15, -0.1) is 0 Å². The number of aromatic hydroxyl groups is 3. The molecule has 5 heterocycles. The fraction of sp³-hybridized carbons (Fsp3) is 0.266. The number of hydrogen-bond acceptors (Lipinski definition) is 14. The molecule has 4 N–H and O–H groups in total. The van der Waals surface area contributed by atoms with Gasteiger partial charge in [0.1, 0.15) is 23.1 Å². The van der Waals surface area contributed by atoms with Crippen LogP contribution in [0.15, 0.2) is 213 Å². The molecule has 6 aromatic carbocycles. The Hall–Kier alpha value is -7.55. The molecule has 20 heteroatoms. The summed E-state index contributed by atoms with van der Waals surface area (Å²) in [6, 6.07) is 63.4. The number of nitro benzene ring substituents is 1. The summed E-state index contributed by atoms with van der Waals surface area (Å²) in [4.78, 5) is 37.9. The van der Waals surface area contributed by atoms with Gasteiger partial charge in [0.2, 0.25) is 0 Å². The molecule has 15 nitrogen and oxygen atoms in total. The van der Waals surface area contributed by atoms with Crippen molar-refractivity contribution in [1.82, 2.24) is 29.9 Å². The van der Waals surface area contributed by atoms with Gasteiger partial charge in [0.05, 0.1) is 50.6 Å². The van der Waals surface area contributed by atoms with E-state index in [9.17, 15) is 25.4 Å². The second-order valence-corrected chi connectivity index (χ2v) is 26.5. The van der Waals surface area contributed by atoms with Gasteiger partial charge in [-0.2, -0.15) is 0 Å². The molecule has 0 fully saturated rings. The molecule has 0 saturated carbocycles. The van der Waals surface area contributed by atoms with Gasteiger partial charge in [-0.05, 0) is 145 Å². The third-order valence-electron chi connectivity index (χ3n) is 17.3. The van der Waals surface area contributed by atoms with Crippen molar-refractivity contribution in [3.8, 4) is 28.7 Å². The largest absolute Gasteiger partial charge is 0.650 e. The third kappa shape index (κ3) is 20.8. The molecule has 11 aromatic rings. The fourth-order valence-electron chi connectivity index (χ4n) is 11.4. The number of pyridine rings is 4. The van der Waals surface area contributed by atoms with Crippen LogP contribution in [0.4, 0.5) is 11.5 Å². The molecule has 5 aromatic heterocycles. The van der Waals surface area contributed by atoms with E-state index in [2.05, 4.69) is 120 Å². The van der Waals surface area contributed by atoms with E-state index in [-0.39, 0.29) is 87.0 Å². The molecule has 0 amide bonds. The van der Waals surface area contributed by atoms with Gasteiger partial charge in [0, 0.05) is 163 Å². The first-order valence-corrected chi connectivity index (χ1v) is 33.0. The van der Waals surface area contributed by atoms with Crippen molar-refractivity contribution in [2.24, 2.45) is 0 Å². The summed E-state index contributed by atoms with van der Waals surface area (Å²) in [5.41, 5.74) is 11.5. The molecule has 0 unspecified atom stereocenters. The molecule has 0 aliphatic heterocycles. The summed E-state index contributed by atoms with van der Waals surface area (Å²) >= 11 is 2.88. The number of phenols is 3. The average Bonchev–Trinajstić information content (AvgIpc) is 0.769. The van der Waals surface area contributed by atoms with Crippen LogP contribution in [-0.2, 0) is 93.2 Å². The summed E-state index contributed by atoms with van der Waals surface area (Å²) in [7, 11) is 1.85. The van der Waals surface area contributed by atoms with Crippen LogP contribution in [0, 0.1) is 30.9 Å². The number of anilines is 1. The first kappa shape index (κ1) is 83.9. The van der Waals surface area contributed by atoms with Gasteiger partial charge in [-0.25, -0.2) is 4.98 Å². The van der Waals surface area contributed by atoms with Gasteiger partial charge in [-0.1, -0.05) is 158 Å². The maximum absolute atomic E-state index is 11.1. The zero-order valence-corrected chi connectivity index (χ0v) is 69.3. The molecular weight excluding hydrogens is 1800 g/mol. The Morgan fingerprint density at radius 1 is 0.455 bits per heavy atom. The van der Waals surface area contributed by atoms with Crippen LogP contribution in [0.3, 0.4) is 0 Å². The van der Waals surface area contributed by atoms with E-state index < -0.39 is 10.3 Å². The number of aromatic nitrogens is 6. The van der Waals surface area contributed by atoms with Crippen molar-refractivity contribution in [3.05, 3.63) is 302 Å². The smallest absolute Gasteiger partial charge is 0.494 e. The quantitative estimate of drug-likeness (QED) is 0.0427. The topological polar surface area (TPSA) is 212 Å². The Balaban J connectivity index is 0.000000262. The van der Waals surface area contributed by atoms with Crippen LogP contribution in [0.1, 0.15) is 155 Å². The number of aryl methyl sites for hydroxylation is 4. The van der Waals surface area contributed by atoms with Crippen LogP contribution in [-0.4, -0.2) is 90.4 Å². The molecule has 11 rings (SSSR count). The number of phenolic OH excluding ortho intramolecular Hbond substituents is 3. The minimum atomic E-state index is -0.493. The van der Waals surface area contributed by atoms with Crippen molar-refractivity contribution in [1.29, 1.82) is 0 Å². The van der Waals surface area contributed by atoms with Gasteiger partial charge < -0.3 is 28.2 Å². The van der Waals surface area contributed by atoms with Crippen molar-refractivity contribution in [2.75, 3.05) is 12.4 Å². The van der Waals surface area contributed by atoms with E-state index in [4.69, 9.17) is 12.6 Å². The van der Waals surface area contributed by atoms with Crippen molar-refractivity contribution in [3.63, 3.8) is 0 Å². The summed E-state index contributed by atoms with van der Waals surface area (Å²) in [5.74, 6) is 3.31. The third-order valence-corrected chi connectivity index (χ3v) is 17.9. The molecule has 0 saturated heterocycles. The number of benzene rings is 6. The van der Waals surface area contributed by atoms with Crippen molar-refractivity contribution >= 4 is 55.5 Å². The minimum absolute atomic E-state index is 0. The Labute approximate surface area is 640 Å². The molecule has 0 atom stereocenters. The normalized spacial score (nSPS) is 11.1. The summed E-state index contributed by atoms with van der Waals surface area (Å²) in [6.45, 7) is 28.7. The Morgan fingerprint density at radius 2 is 0.869 bits per heavy atom. The van der Waals surface area contributed by atoms with E-state index in [1.165, 1.54) is 55.7 Å². The molecule has 0 spiro atoms. The molecule has 0 bridgehead atoms. The number of nitrogens with one attached hydrogen (secondary N) is 1. The predicted octanol–water partition coefficient (Wildman–Crippen LogP) is 16.5. The summed E-state index contributed by atoms with van der Waals surface area (Å²) in [5, 5.41) is 46.4. The van der Waals surface area contributed by atoms with E-state index >= 15 is 0 Å². The van der Waals surface area contributed by atoms with Gasteiger partial charge in [0.15, 0.2) is 0 Å². The number of nitro groups is 1. The van der Waals surface area contributed by atoms with Gasteiger partial charge in [0.25, 0.3) is 5.69 Å². The van der Waals surface area contributed by atoms with E-state index in [0.29, 0.717) is 23.0 Å². The van der Waals surface area contributed by atoms with Crippen LogP contribution in [0.5, 0.6) is 28.7 Å². The molecular formula is C79H88Al2IrN8O7Os2. The minimum Gasteiger partial charge on any atom is -0.650 e. The maximum Gasteiger partial charge on any atom is 0.494 e. The first-order valence-electron chi connectivity index (χ1n) is 31.8. The Bertz CT molecular complexity index is 4370. The van der Waals surface area contributed by atoms with E-state index in [1.54, 1.807) is 42.7 Å². The molecule has 99 heavy (non-hydrogen) atoms. The second kappa shape index (κ2) is 37.2. The Kier molecular flexibility index (Phi) is 31.5. The second-order valence-electron chi connectivity index (χ2n) is 26.0. The SMILES string of the molecule is CCc1cccc(C(C)(C)c2cc([N+](=O)[O-])ccc2[O][AlH])n1.CNc1cccc(C(C)(C)c2ccccc2O)n1.Cc1cccc(C(C)(C)c2c([O][AlH])ccc3ccccc23)n1.Cc1cccc(C(C)(C)c2ccccc2O)n1.Cc1cncc(C(C)(C)c2ccccc2O)n1.[Ir].[Os].[Os]. The number of hydrogen-bond donors (Lipinski definition) is 4. The predicted molar refractivity (Wildman–Crippen MR) is 390 cm³/mol. The van der Waals surface area contributed by atoms with Crippen LogP contribution < -0.4 is 12.9 Å². The number of fused-ring (bicyclic) bond motifs is 1. The van der Waals surface area contributed by atoms with E-state index in [1.807, 2.05) is 178 Å². The molecule has 3 radical (unpaired) electrons. The number of para-hydroxylation sites is 3. The zero-order chi connectivity index (χ0) is 70.2. The Morgan fingerprint density at radius 3 is 1.33 bits per heavy atom. The number of rotatable bonds is 15. The van der Waals surface area contributed by atoms with Crippen LogP contribution in [0.2, 0.25) is 0 Å². The maximum atomic E-state index is 11.1. The summed E-state index contributed by atoms with van der Waals surface area (Å²) in [6.07, 6.45) is 4.32. The zero-order valence-electron chi connectivity index (χ0n) is 59.0. The van der Waals surface area contributed by atoms with Crippen LogP contribution in [0.25, 0.3) is 10.8 Å². The van der Waals surface area contributed by atoms with Gasteiger partial charge in [-0.3, -0.25) is 35.0 Å². The fourth-order valence-corrected chi connectivity index (χ4v) is 11.9. The number of non-ortho nitro benzene ring substituents is 1. The monoisotopic (exact) mass is 1890 g/mol. The standard InChI is InChI=1S/C19H19NO.C16H18N2O3.C15H18N2O.C15H17NO.C14H16N2O.2Al.Ir.2Os.2H/c1-13-7-6-10-17(20-13)19(2,3)18-15-9-5-4-8-14(15)11-12-16(18)21;1-4-11-6-5-7-15(17-11)16(2,3)13-10-12(18(20)21)8-9-14(13)19;1-15(2,11-7-4-5-8-12(11)18)13-9-6-10-14(16-3)17-13;1-11-7-6-10-14(16-11)15(2,3)12-8-4-5-9-13(12)17;1-10-8-15-9-13(16-10)14(2,3)11-6-4-5-7-12(11)17;;;;;;;/h4-12,21H,1-3H3;5-10,19H,4H2,1-3H3;4-10,18H,1-3H3,(H,16,17);4-10,17H,1-3H3;4-9,17H,1-3H3;;;;;;;/q;;;;;2*+1;;;;;/p-2. The van der Waals surface area contributed by atoms with Gasteiger partial charge >= 0.3 is 33.2 Å². The first-order chi connectivity index (χ1) is 45.5.